The number of carbonyl (C=O) groups excluding carboxylic acids is 1. The van der Waals surface area contributed by atoms with E-state index in [1.165, 1.54) is 17.8 Å². The first-order valence-corrected chi connectivity index (χ1v) is 9.51. The van der Waals surface area contributed by atoms with E-state index in [0.717, 1.165) is 18.8 Å². The van der Waals surface area contributed by atoms with Crippen molar-refractivity contribution in [2.75, 3.05) is 13.1 Å². The Morgan fingerprint density at radius 2 is 2.05 bits per heavy atom. The standard InChI is InChI=1S/C15H23N3OS2/c1-9-6-18(7-10(2)21-9)15(19)16-11(3)13-8-20-14(17-13)12-4-5-12/h8-12H,4-7H2,1-3H3,(H,16,19)/t9-,10-,11+/m1/s1. The van der Waals surface area contributed by atoms with Crippen molar-refractivity contribution in [1.29, 1.82) is 0 Å². The lowest BCUT2D eigenvalue weighted by Gasteiger charge is -2.35. The molecule has 3 atom stereocenters. The summed E-state index contributed by atoms with van der Waals surface area (Å²) in [5.74, 6) is 0.687. The van der Waals surface area contributed by atoms with Gasteiger partial charge in [-0.1, -0.05) is 13.8 Å². The molecule has 2 aliphatic rings. The molecule has 0 unspecified atom stereocenters. The van der Waals surface area contributed by atoms with Gasteiger partial charge in [0.25, 0.3) is 0 Å². The third-order valence-corrected chi connectivity index (χ3v) is 6.21. The van der Waals surface area contributed by atoms with Crippen molar-refractivity contribution >= 4 is 29.1 Å². The molecule has 4 nitrogen and oxygen atoms in total. The number of thioether (sulfide) groups is 1. The summed E-state index contributed by atoms with van der Waals surface area (Å²) in [7, 11) is 0. The molecule has 1 saturated heterocycles. The normalized spacial score (nSPS) is 27.5. The minimum absolute atomic E-state index is 0.0126. The summed E-state index contributed by atoms with van der Waals surface area (Å²) in [6.07, 6.45) is 2.55. The molecule has 2 amide bonds. The van der Waals surface area contributed by atoms with Gasteiger partial charge in [0.05, 0.1) is 16.7 Å². The number of rotatable bonds is 3. The number of urea groups is 1. The third kappa shape index (κ3) is 3.72. The summed E-state index contributed by atoms with van der Waals surface area (Å²) in [5.41, 5.74) is 1.00. The van der Waals surface area contributed by atoms with Gasteiger partial charge in [0, 0.05) is 34.9 Å². The minimum Gasteiger partial charge on any atom is -0.330 e. The summed E-state index contributed by atoms with van der Waals surface area (Å²) < 4.78 is 0. The van der Waals surface area contributed by atoms with Gasteiger partial charge < -0.3 is 10.2 Å². The number of hydrogen-bond donors (Lipinski definition) is 1. The number of carbonyl (C=O) groups is 1. The fraction of sp³-hybridized carbons (Fsp3) is 0.733. The predicted octanol–water partition coefficient (Wildman–Crippen LogP) is 3.62. The molecule has 21 heavy (non-hydrogen) atoms. The van der Waals surface area contributed by atoms with Gasteiger partial charge >= 0.3 is 6.03 Å². The molecule has 0 spiro atoms. The van der Waals surface area contributed by atoms with Crippen molar-refractivity contribution in [1.82, 2.24) is 15.2 Å². The molecule has 0 aromatic carbocycles. The Morgan fingerprint density at radius 3 is 2.67 bits per heavy atom. The van der Waals surface area contributed by atoms with Crippen molar-refractivity contribution < 1.29 is 4.79 Å². The maximum Gasteiger partial charge on any atom is 0.317 e. The molecule has 1 aliphatic heterocycles. The molecule has 116 valence electrons. The molecule has 1 saturated carbocycles. The van der Waals surface area contributed by atoms with Crippen LogP contribution in [-0.4, -0.2) is 39.5 Å². The van der Waals surface area contributed by atoms with Crippen LogP contribution in [0, 0.1) is 0 Å². The average molecular weight is 326 g/mol. The quantitative estimate of drug-likeness (QED) is 0.923. The molecule has 1 aromatic rings. The number of aromatic nitrogens is 1. The molecule has 1 aliphatic carbocycles. The van der Waals surface area contributed by atoms with Crippen molar-refractivity contribution in [3.05, 3.63) is 16.1 Å². The Balaban J connectivity index is 1.57. The van der Waals surface area contributed by atoms with Gasteiger partial charge in [-0.05, 0) is 19.8 Å². The molecular weight excluding hydrogens is 302 g/mol. The molecule has 6 heteroatoms. The van der Waals surface area contributed by atoms with Gasteiger partial charge in [-0.2, -0.15) is 11.8 Å². The van der Waals surface area contributed by atoms with Crippen LogP contribution in [0.25, 0.3) is 0 Å². The lowest BCUT2D eigenvalue weighted by atomic mass is 10.2. The third-order valence-electron chi connectivity index (χ3n) is 3.96. The van der Waals surface area contributed by atoms with E-state index in [2.05, 4.69) is 29.5 Å². The van der Waals surface area contributed by atoms with Crippen LogP contribution in [0.2, 0.25) is 0 Å². The van der Waals surface area contributed by atoms with Crippen molar-refractivity contribution in [3.63, 3.8) is 0 Å². The maximum atomic E-state index is 12.4. The summed E-state index contributed by atoms with van der Waals surface area (Å²) in [5, 5.41) is 7.45. The smallest absolute Gasteiger partial charge is 0.317 e. The number of nitrogens with zero attached hydrogens (tertiary/aromatic N) is 2. The van der Waals surface area contributed by atoms with Crippen LogP contribution in [0.5, 0.6) is 0 Å². The molecule has 2 heterocycles. The lowest BCUT2D eigenvalue weighted by Crippen LogP contribution is -2.49. The molecular formula is C15H23N3OS2. The minimum atomic E-state index is -0.0126. The van der Waals surface area contributed by atoms with Crippen LogP contribution < -0.4 is 5.32 Å². The molecule has 3 rings (SSSR count). The number of thiazole rings is 1. The molecule has 2 fully saturated rings. The van der Waals surface area contributed by atoms with E-state index in [-0.39, 0.29) is 12.1 Å². The first-order chi connectivity index (χ1) is 10.0. The highest BCUT2D eigenvalue weighted by atomic mass is 32.2. The average Bonchev–Trinajstić information content (AvgIpc) is 3.15. The van der Waals surface area contributed by atoms with E-state index in [9.17, 15) is 4.79 Å². The van der Waals surface area contributed by atoms with Gasteiger partial charge in [-0.25, -0.2) is 9.78 Å². The molecule has 0 bridgehead atoms. The van der Waals surface area contributed by atoms with Gasteiger partial charge in [0.1, 0.15) is 0 Å². The topological polar surface area (TPSA) is 45.2 Å². The Morgan fingerprint density at radius 1 is 1.38 bits per heavy atom. The fourth-order valence-electron chi connectivity index (χ4n) is 2.71. The highest BCUT2D eigenvalue weighted by Gasteiger charge is 2.29. The SMILES string of the molecule is C[C@@H]1CN(C(=O)N[C@@H](C)c2csc(C3CC3)n2)C[C@@H](C)S1. The highest BCUT2D eigenvalue weighted by Crippen LogP contribution is 2.41. The van der Waals surface area contributed by atoms with Crippen LogP contribution >= 0.6 is 23.1 Å². The second kappa shape index (κ2) is 6.16. The Hall–Kier alpha value is -0.750. The zero-order valence-electron chi connectivity index (χ0n) is 12.8. The maximum absolute atomic E-state index is 12.4. The monoisotopic (exact) mass is 325 g/mol. The Bertz CT molecular complexity index is 505. The van der Waals surface area contributed by atoms with E-state index in [1.807, 2.05) is 23.6 Å². The summed E-state index contributed by atoms with van der Waals surface area (Å²) in [4.78, 5) is 19.0. The van der Waals surface area contributed by atoms with Crippen LogP contribution in [0.15, 0.2) is 5.38 Å². The number of nitrogens with one attached hydrogen (secondary N) is 1. The molecule has 1 N–H and O–H groups in total. The van der Waals surface area contributed by atoms with Crippen molar-refractivity contribution in [3.8, 4) is 0 Å². The second-order valence-electron chi connectivity index (χ2n) is 6.22. The van der Waals surface area contributed by atoms with Gasteiger partial charge in [0.2, 0.25) is 0 Å². The van der Waals surface area contributed by atoms with Gasteiger partial charge in [-0.3, -0.25) is 0 Å². The van der Waals surface area contributed by atoms with Crippen LogP contribution in [0.4, 0.5) is 4.79 Å². The lowest BCUT2D eigenvalue weighted by molar-refractivity contribution is 0.193. The number of amides is 2. The summed E-state index contributed by atoms with van der Waals surface area (Å²) in [6, 6.07) is 0.0314. The van der Waals surface area contributed by atoms with Crippen molar-refractivity contribution in [2.24, 2.45) is 0 Å². The van der Waals surface area contributed by atoms with E-state index in [4.69, 9.17) is 0 Å². The Labute approximate surface area is 134 Å². The first kappa shape index (κ1) is 15.2. The van der Waals surface area contributed by atoms with E-state index >= 15 is 0 Å². The van der Waals surface area contributed by atoms with Crippen LogP contribution in [0.3, 0.4) is 0 Å². The zero-order chi connectivity index (χ0) is 15.0. The first-order valence-electron chi connectivity index (χ1n) is 7.69. The van der Waals surface area contributed by atoms with Gasteiger partial charge in [0.15, 0.2) is 0 Å². The molecule has 1 aromatic heterocycles. The van der Waals surface area contributed by atoms with Crippen molar-refractivity contribution in [2.45, 2.75) is 56.1 Å². The fourth-order valence-corrected chi connectivity index (χ4v) is 5.12. The summed E-state index contributed by atoms with van der Waals surface area (Å²) in [6.45, 7) is 8.06. The Kier molecular flexibility index (Phi) is 4.45. The summed E-state index contributed by atoms with van der Waals surface area (Å²) >= 11 is 3.69. The van der Waals surface area contributed by atoms with E-state index in [0.29, 0.717) is 16.4 Å². The molecule has 0 radical (unpaired) electrons. The van der Waals surface area contributed by atoms with E-state index in [1.54, 1.807) is 11.3 Å². The number of hydrogen-bond acceptors (Lipinski definition) is 4. The van der Waals surface area contributed by atoms with Crippen LogP contribution in [-0.2, 0) is 0 Å². The second-order valence-corrected chi connectivity index (χ2v) is 8.99. The van der Waals surface area contributed by atoms with E-state index < -0.39 is 0 Å². The predicted molar refractivity (Wildman–Crippen MR) is 89.1 cm³/mol. The largest absolute Gasteiger partial charge is 0.330 e. The highest BCUT2D eigenvalue weighted by molar-refractivity contribution is 8.00. The zero-order valence-corrected chi connectivity index (χ0v) is 14.5. The van der Waals surface area contributed by atoms with Crippen LogP contribution in [0.1, 0.15) is 56.3 Å². The van der Waals surface area contributed by atoms with Gasteiger partial charge in [-0.15, -0.1) is 11.3 Å².